The molecule has 0 fully saturated rings. The van der Waals surface area contributed by atoms with Crippen LogP contribution in [0.4, 0.5) is 17.6 Å². The van der Waals surface area contributed by atoms with E-state index in [4.69, 9.17) is 10.8 Å². The Morgan fingerprint density at radius 3 is 2.25 bits per heavy atom. The van der Waals surface area contributed by atoms with E-state index in [1.165, 1.54) is 6.92 Å². The Kier molecular flexibility index (Phi) is 3.54. The van der Waals surface area contributed by atoms with Crippen molar-refractivity contribution >= 4 is 0 Å². The van der Waals surface area contributed by atoms with Crippen LogP contribution >= 0.6 is 0 Å². The third kappa shape index (κ3) is 2.70. The largest absolute Gasteiger partial charge is 0.419 e. The minimum absolute atomic E-state index is 0.125. The molecular formula is C10H11F4NO. The monoisotopic (exact) mass is 237 g/mol. The summed E-state index contributed by atoms with van der Waals surface area (Å²) >= 11 is 0. The average molecular weight is 237 g/mol. The van der Waals surface area contributed by atoms with Gasteiger partial charge in [-0.05, 0) is 24.6 Å². The molecule has 2 atom stereocenters. The number of hydrogen-bond acceptors (Lipinski definition) is 2. The molecular weight excluding hydrogens is 226 g/mol. The lowest BCUT2D eigenvalue weighted by Gasteiger charge is -2.16. The molecule has 0 aliphatic rings. The van der Waals surface area contributed by atoms with Gasteiger partial charge in [-0.3, -0.25) is 0 Å². The van der Waals surface area contributed by atoms with E-state index < -0.39 is 29.7 Å². The minimum Gasteiger partial charge on any atom is -0.391 e. The molecule has 0 unspecified atom stereocenters. The molecule has 6 heteroatoms. The molecule has 1 aromatic carbocycles. The van der Waals surface area contributed by atoms with E-state index in [0.717, 1.165) is 6.07 Å². The van der Waals surface area contributed by atoms with Crippen LogP contribution in [0, 0.1) is 5.82 Å². The Labute approximate surface area is 89.7 Å². The maximum absolute atomic E-state index is 13.1. The number of benzene rings is 1. The lowest BCUT2D eigenvalue weighted by atomic mass is 10.0. The maximum Gasteiger partial charge on any atom is 0.419 e. The van der Waals surface area contributed by atoms with E-state index in [1.807, 2.05) is 0 Å². The van der Waals surface area contributed by atoms with Crippen LogP contribution in [0.3, 0.4) is 0 Å². The maximum atomic E-state index is 13.1. The van der Waals surface area contributed by atoms with Gasteiger partial charge < -0.3 is 10.8 Å². The number of hydrogen-bond donors (Lipinski definition) is 2. The first-order chi connectivity index (χ1) is 7.23. The zero-order valence-electron chi connectivity index (χ0n) is 8.42. The summed E-state index contributed by atoms with van der Waals surface area (Å²) in [4.78, 5) is 0. The summed E-state index contributed by atoms with van der Waals surface area (Å²) in [6, 6.07) is 1.47. The van der Waals surface area contributed by atoms with Gasteiger partial charge in [-0.1, -0.05) is 6.07 Å². The van der Waals surface area contributed by atoms with Gasteiger partial charge in [-0.2, -0.15) is 13.2 Å². The van der Waals surface area contributed by atoms with Crippen LogP contribution in [0.15, 0.2) is 18.2 Å². The molecule has 3 N–H and O–H groups in total. The van der Waals surface area contributed by atoms with Gasteiger partial charge in [-0.15, -0.1) is 0 Å². The number of rotatable bonds is 2. The summed E-state index contributed by atoms with van der Waals surface area (Å²) < 4.78 is 49.8. The summed E-state index contributed by atoms with van der Waals surface area (Å²) in [5.41, 5.74) is 4.25. The minimum atomic E-state index is -4.72. The fourth-order valence-corrected chi connectivity index (χ4v) is 1.25. The Bertz CT molecular complexity index is 376. The quantitative estimate of drug-likeness (QED) is 0.775. The summed E-state index contributed by atoms with van der Waals surface area (Å²) in [5, 5.41) is 9.12. The Morgan fingerprint density at radius 2 is 1.88 bits per heavy atom. The molecule has 0 bridgehead atoms. The van der Waals surface area contributed by atoms with Crippen molar-refractivity contribution in [1.82, 2.24) is 0 Å². The van der Waals surface area contributed by atoms with Gasteiger partial charge in [0.05, 0.1) is 17.7 Å². The molecule has 1 aromatic rings. The molecule has 0 spiro atoms. The van der Waals surface area contributed by atoms with Gasteiger partial charge in [-0.25, -0.2) is 4.39 Å². The zero-order valence-corrected chi connectivity index (χ0v) is 8.42. The van der Waals surface area contributed by atoms with Crippen molar-refractivity contribution in [2.45, 2.75) is 25.2 Å². The van der Waals surface area contributed by atoms with Crippen molar-refractivity contribution in [3.63, 3.8) is 0 Å². The highest BCUT2D eigenvalue weighted by Crippen LogP contribution is 2.32. The molecule has 0 aromatic heterocycles. The van der Waals surface area contributed by atoms with Crippen molar-refractivity contribution in [1.29, 1.82) is 0 Å². The van der Waals surface area contributed by atoms with Gasteiger partial charge in [0, 0.05) is 0 Å². The highest BCUT2D eigenvalue weighted by atomic mass is 19.4. The number of nitrogens with two attached hydrogens (primary N) is 1. The fourth-order valence-electron chi connectivity index (χ4n) is 1.25. The molecule has 1 rings (SSSR count). The third-order valence-corrected chi connectivity index (χ3v) is 2.20. The highest BCUT2D eigenvalue weighted by Gasteiger charge is 2.34. The second kappa shape index (κ2) is 4.39. The topological polar surface area (TPSA) is 46.2 Å². The molecule has 0 aliphatic heterocycles. The van der Waals surface area contributed by atoms with Gasteiger partial charge >= 0.3 is 6.18 Å². The molecule has 0 radical (unpaired) electrons. The summed E-state index contributed by atoms with van der Waals surface area (Å²) in [7, 11) is 0. The first-order valence-corrected chi connectivity index (χ1v) is 4.53. The zero-order chi connectivity index (χ0) is 12.5. The first-order valence-electron chi connectivity index (χ1n) is 4.53. The van der Waals surface area contributed by atoms with Crippen molar-refractivity contribution < 1.29 is 22.7 Å². The molecule has 0 saturated heterocycles. The van der Waals surface area contributed by atoms with Crippen LogP contribution in [0.25, 0.3) is 0 Å². The van der Waals surface area contributed by atoms with Gasteiger partial charge in [0.25, 0.3) is 0 Å². The van der Waals surface area contributed by atoms with Crippen LogP contribution in [0.5, 0.6) is 0 Å². The van der Waals surface area contributed by atoms with Crippen molar-refractivity contribution in [3.05, 3.63) is 35.1 Å². The van der Waals surface area contributed by atoms with E-state index in [2.05, 4.69) is 0 Å². The molecule has 16 heavy (non-hydrogen) atoms. The standard InChI is InChI=1S/C10H11F4NO/c1-5(16)9(15)6-2-3-7(8(11)4-6)10(12,13)14/h2-5,9,16H,15H2,1H3/t5-,9+/m0/s1. The van der Waals surface area contributed by atoms with Crippen molar-refractivity contribution in [3.8, 4) is 0 Å². The molecule has 0 saturated carbocycles. The van der Waals surface area contributed by atoms with E-state index in [0.29, 0.717) is 12.1 Å². The van der Waals surface area contributed by atoms with E-state index in [9.17, 15) is 17.6 Å². The van der Waals surface area contributed by atoms with Gasteiger partial charge in [0.1, 0.15) is 5.82 Å². The predicted molar refractivity (Wildman–Crippen MR) is 50.0 cm³/mol. The Morgan fingerprint density at radius 1 is 1.31 bits per heavy atom. The van der Waals surface area contributed by atoms with Crippen LogP contribution in [-0.4, -0.2) is 11.2 Å². The second-order valence-corrected chi connectivity index (χ2v) is 3.50. The Hall–Kier alpha value is -1.14. The van der Waals surface area contributed by atoms with Crippen LogP contribution in [0.2, 0.25) is 0 Å². The molecule has 2 nitrogen and oxygen atoms in total. The lowest BCUT2D eigenvalue weighted by Crippen LogP contribution is -2.23. The Balaban J connectivity index is 3.09. The van der Waals surface area contributed by atoms with E-state index >= 15 is 0 Å². The average Bonchev–Trinajstić information content (AvgIpc) is 2.14. The van der Waals surface area contributed by atoms with Crippen LogP contribution in [0.1, 0.15) is 24.1 Å². The summed E-state index contributed by atoms with van der Waals surface area (Å²) in [5.74, 6) is -1.39. The summed E-state index contributed by atoms with van der Waals surface area (Å²) in [6.07, 6.45) is -5.69. The number of aliphatic hydroxyl groups excluding tert-OH is 1. The van der Waals surface area contributed by atoms with E-state index in [1.54, 1.807) is 0 Å². The molecule has 0 amide bonds. The molecule has 0 heterocycles. The summed E-state index contributed by atoms with van der Waals surface area (Å²) in [6.45, 7) is 1.38. The van der Waals surface area contributed by atoms with Crippen molar-refractivity contribution in [2.24, 2.45) is 5.73 Å². The van der Waals surface area contributed by atoms with Gasteiger partial charge in [0.15, 0.2) is 0 Å². The number of alkyl halides is 3. The van der Waals surface area contributed by atoms with E-state index in [-0.39, 0.29) is 5.56 Å². The fraction of sp³-hybridized carbons (Fsp3) is 0.400. The number of halogens is 4. The normalized spacial score (nSPS) is 15.9. The molecule has 0 aliphatic carbocycles. The van der Waals surface area contributed by atoms with Crippen LogP contribution in [-0.2, 0) is 6.18 Å². The first kappa shape index (κ1) is 12.9. The SMILES string of the molecule is C[C@H](O)[C@@H](N)c1ccc(C(F)(F)F)c(F)c1. The van der Waals surface area contributed by atoms with Crippen molar-refractivity contribution in [2.75, 3.05) is 0 Å². The van der Waals surface area contributed by atoms with Gasteiger partial charge in [0.2, 0.25) is 0 Å². The smallest absolute Gasteiger partial charge is 0.391 e. The number of aliphatic hydroxyl groups is 1. The predicted octanol–water partition coefficient (Wildman–Crippen LogP) is 2.23. The van der Waals surface area contributed by atoms with Crippen LogP contribution < -0.4 is 5.73 Å². The third-order valence-electron chi connectivity index (χ3n) is 2.20. The highest BCUT2D eigenvalue weighted by molar-refractivity contribution is 5.28. The lowest BCUT2D eigenvalue weighted by molar-refractivity contribution is -0.140. The molecule has 90 valence electrons. The second-order valence-electron chi connectivity index (χ2n) is 3.50.